The van der Waals surface area contributed by atoms with Crippen LogP contribution in [0.1, 0.15) is 38.3 Å². The number of unbranched alkanes of at least 4 members (excludes halogenated alkanes) is 1. The molecule has 1 aromatic rings. The number of hydrogen-bond donors (Lipinski definition) is 1. The van der Waals surface area contributed by atoms with E-state index in [0.717, 1.165) is 18.9 Å². The Balaban J connectivity index is 1.63. The summed E-state index contributed by atoms with van der Waals surface area (Å²) in [5, 5.41) is 12.1. The van der Waals surface area contributed by atoms with Crippen molar-refractivity contribution in [3.63, 3.8) is 0 Å². The van der Waals surface area contributed by atoms with Crippen molar-refractivity contribution in [2.75, 3.05) is 31.5 Å². The van der Waals surface area contributed by atoms with Crippen LogP contribution < -0.4 is 5.32 Å². The van der Waals surface area contributed by atoms with Crippen molar-refractivity contribution in [3.8, 4) is 6.07 Å². The summed E-state index contributed by atoms with van der Waals surface area (Å²) in [6, 6.07) is 2.05. The molecule has 1 saturated heterocycles. The molecule has 0 radical (unpaired) electrons. The molecular formula is C15H23N5. The van der Waals surface area contributed by atoms with Gasteiger partial charge in [0.1, 0.15) is 6.07 Å². The van der Waals surface area contributed by atoms with Gasteiger partial charge in [0.05, 0.1) is 0 Å². The summed E-state index contributed by atoms with van der Waals surface area (Å²) in [6.07, 6.45) is 8.14. The molecule has 0 bridgehead atoms. The summed E-state index contributed by atoms with van der Waals surface area (Å²) in [7, 11) is 0. The van der Waals surface area contributed by atoms with Crippen molar-refractivity contribution in [2.24, 2.45) is 5.92 Å². The zero-order chi connectivity index (χ0) is 14.2. The predicted octanol–water partition coefficient (Wildman–Crippen LogP) is 2.27. The molecular weight excluding hydrogens is 250 g/mol. The summed E-state index contributed by atoms with van der Waals surface area (Å²) in [6.45, 7) is 6.86. The highest BCUT2D eigenvalue weighted by molar-refractivity contribution is 5.46. The molecule has 1 fully saturated rings. The number of nitriles is 1. The maximum absolute atomic E-state index is 8.92. The van der Waals surface area contributed by atoms with Crippen LogP contribution in [0, 0.1) is 17.2 Å². The van der Waals surface area contributed by atoms with Crippen LogP contribution in [-0.4, -0.2) is 41.0 Å². The van der Waals surface area contributed by atoms with Crippen molar-refractivity contribution >= 4 is 5.82 Å². The Hall–Kier alpha value is -1.67. The van der Waals surface area contributed by atoms with Gasteiger partial charge in [-0.15, -0.1) is 0 Å². The number of aromatic nitrogens is 2. The number of nitrogens with one attached hydrogen (secondary N) is 1. The molecule has 0 amide bonds. The fourth-order valence-electron chi connectivity index (χ4n) is 2.71. The van der Waals surface area contributed by atoms with Crippen LogP contribution in [0.3, 0.4) is 0 Å². The lowest BCUT2D eigenvalue weighted by atomic mass is 10.0. The standard InChI is InChI=1S/C15H23N5/c1-13-5-4-10-20(12-13)9-3-2-6-18-15-14(11-16)17-7-8-19-15/h7-8,13H,2-6,9-10,12H2,1H3,(H,18,19). The summed E-state index contributed by atoms with van der Waals surface area (Å²) in [5.74, 6) is 1.45. The third kappa shape index (κ3) is 4.46. The molecule has 5 nitrogen and oxygen atoms in total. The molecule has 108 valence electrons. The first-order valence-corrected chi connectivity index (χ1v) is 7.47. The number of nitrogens with zero attached hydrogens (tertiary/aromatic N) is 4. The Labute approximate surface area is 121 Å². The third-order valence-corrected chi connectivity index (χ3v) is 3.74. The first-order chi connectivity index (χ1) is 9.79. The molecule has 20 heavy (non-hydrogen) atoms. The molecule has 0 saturated carbocycles. The van der Waals surface area contributed by atoms with Crippen molar-refractivity contribution in [2.45, 2.75) is 32.6 Å². The van der Waals surface area contributed by atoms with Gasteiger partial charge in [-0.1, -0.05) is 6.92 Å². The quantitative estimate of drug-likeness (QED) is 0.805. The molecule has 1 unspecified atom stereocenters. The van der Waals surface area contributed by atoms with E-state index in [1.165, 1.54) is 38.9 Å². The third-order valence-electron chi connectivity index (χ3n) is 3.74. The summed E-state index contributed by atoms with van der Waals surface area (Å²) in [4.78, 5) is 10.7. The van der Waals surface area contributed by atoms with E-state index in [1.54, 1.807) is 12.4 Å². The maximum atomic E-state index is 8.92. The van der Waals surface area contributed by atoms with Gasteiger partial charge in [0.15, 0.2) is 11.5 Å². The highest BCUT2D eigenvalue weighted by atomic mass is 15.1. The lowest BCUT2D eigenvalue weighted by Crippen LogP contribution is -2.35. The second-order valence-electron chi connectivity index (χ2n) is 5.55. The summed E-state index contributed by atoms with van der Waals surface area (Å²) < 4.78 is 0. The Kier molecular flexibility index (Phi) is 5.75. The van der Waals surface area contributed by atoms with E-state index < -0.39 is 0 Å². The molecule has 2 heterocycles. The van der Waals surface area contributed by atoms with Crippen LogP contribution in [-0.2, 0) is 0 Å². The second kappa shape index (κ2) is 7.81. The van der Waals surface area contributed by atoms with Crippen molar-refractivity contribution < 1.29 is 0 Å². The largest absolute Gasteiger partial charge is 0.368 e. The minimum atomic E-state index is 0.373. The van der Waals surface area contributed by atoms with Crippen LogP contribution in [0.5, 0.6) is 0 Å². The van der Waals surface area contributed by atoms with E-state index in [2.05, 4.69) is 27.1 Å². The number of hydrogen-bond acceptors (Lipinski definition) is 5. The smallest absolute Gasteiger partial charge is 0.182 e. The Morgan fingerprint density at radius 3 is 3.05 bits per heavy atom. The monoisotopic (exact) mass is 273 g/mol. The second-order valence-corrected chi connectivity index (χ2v) is 5.55. The molecule has 1 aliphatic heterocycles. The normalized spacial score (nSPS) is 19.5. The first-order valence-electron chi connectivity index (χ1n) is 7.47. The fourth-order valence-corrected chi connectivity index (χ4v) is 2.71. The Morgan fingerprint density at radius 1 is 1.40 bits per heavy atom. The minimum Gasteiger partial charge on any atom is -0.368 e. The van der Waals surface area contributed by atoms with E-state index in [1.807, 2.05) is 6.07 Å². The zero-order valence-electron chi connectivity index (χ0n) is 12.2. The van der Waals surface area contributed by atoms with Crippen LogP contribution in [0.4, 0.5) is 5.82 Å². The summed E-state index contributed by atoms with van der Waals surface area (Å²) in [5.41, 5.74) is 0.373. The van der Waals surface area contributed by atoms with Gasteiger partial charge in [-0.3, -0.25) is 0 Å². The lowest BCUT2D eigenvalue weighted by Gasteiger charge is -2.30. The highest BCUT2D eigenvalue weighted by Crippen LogP contribution is 2.15. The van der Waals surface area contributed by atoms with Crippen molar-refractivity contribution in [1.29, 1.82) is 5.26 Å². The molecule has 0 aliphatic carbocycles. The van der Waals surface area contributed by atoms with Crippen LogP contribution in [0.2, 0.25) is 0 Å². The molecule has 1 N–H and O–H groups in total. The predicted molar refractivity (Wildman–Crippen MR) is 79.3 cm³/mol. The van der Waals surface area contributed by atoms with Crippen LogP contribution >= 0.6 is 0 Å². The van der Waals surface area contributed by atoms with Gasteiger partial charge in [0.25, 0.3) is 0 Å². The molecule has 1 atom stereocenters. The van der Waals surface area contributed by atoms with E-state index in [4.69, 9.17) is 5.26 Å². The van der Waals surface area contributed by atoms with E-state index in [0.29, 0.717) is 11.5 Å². The molecule has 1 aromatic heterocycles. The average molecular weight is 273 g/mol. The molecule has 2 rings (SSSR count). The van der Waals surface area contributed by atoms with Crippen LogP contribution in [0.25, 0.3) is 0 Å². The zero-order valence-corrected chi connectivity index (χ0v) is 12.2. The van der Waals surface area contributed by atoms with Gasteiger partial charge in [-0.05, 0) is 44.7 Å². The Morgan fingerprint density at radius 2 is 2.25 bits per heavy atom. The molecule has 5 heteroatoms. The van der Waals surface area contributed by atoms with Gasteiger partial charge >= 0.3 is 0 Å². The van der Waals surface area contributed by atoms with E-state index in [9.17, 15) is 0 Å². The maximum Gasteiger partial charge on any atom is 0.182 e. The van der Waals surface area contributed by atoms with Crippen LogP contribution in [0.15, 0.2) is 12.4 Å². The number of piperidine rings is 1. The molecule has 0 aromatic carbocycles. The van der Waals surface area contributed by atoms with Gasteiger partial charge in [0.2, 0.25) is 0 Å². The minimum absolute atomic E-state index is 0.373. The lowest BCUT2D eigenvalue weighted by molar-refractivity contribution is 0.181. The van der Waals surface area contributed by atoms with Crippen molar-refractivity contribution in [3.05, 3.63) is 18.1 Å². The number of rotatable bonds is 6. The van der Waals surface area contributed by atoms with Gasteiger partial charge in [-0.25, -0.2) is 9.97 Å². The van der Waals surface area contributed by atoms with Gasteiger partial charge < -0.3 is 10.2 Å². The Bertz CT molecular complexity index is 454. The average Bonchev–Trinajstić information content (AvgIpc) is 2.47. The highest BCUT2D eigenvalue weighted by Gasteiger charge is 2.15. The topological polar surface area (TPSA) is 64.8 Å². The van der Waals surface area contributed by atoms with E-state index in [-0.39, 0.29) is 0 Å². The van der Waals surface area contributed by atoms with Gasteiger partial charge in [0, 0.05) is 25.5 Å². The number of likely N-dealkylation sites (tertiary alicyclic amines) is 1. The van der Waals surface area contributed by atoms with Gasteiger partial charge in [-0.2, -0.15) is 5.26 Å². The number of anilines is 1. The van der Waals surface area contributed by atoms with Crippen molar-refractivity contribution in [1.82, 2.24) is 14.9 Å². The fraction of sp³-hybridized carbons (Fsp3) is 0.667. The van der Waals surface area contributed by atoms with E-state index >= 15 is 0 Å². The SMILES string of the molecule is CC1CCCN(CCCCNc2nccnc2C#N)C1. The first kappa shape index (κ1) is 14.7. The molecule has 1 aliphatic rings. The summed E-state index contributed by atoms with van der Waals surface area (Å²) >= 11 is 0. The molecule has 0 spiro atoms.